The summed E-state index contributed by atoms with van der Waals surface area (Å²) >= 11 is 0. The van der Waals surface area contributed by atoms with E-state index in [1.807, 2.05) is 27.8 Å². The molecule has 0 aliphatic heterocycles. The minimum absolute atomic E-state index is 0.289. The number of Topliss-reactive ketones (excluding diaryl/α,β-unsaturated/α-hetero) is 1. The first-order valence-corrected chi connectivity index (χ1v) is 7.65. The average molecular weight is 306 g/mol. The number of hydrogen-bond donors (Lipinski definition) is 2. The Kier molecular flexibility index (Phi) is 32.6. The number of rotatable bonds is 12. The highest BCUT2D eigenvalue weighted by Gasteiger charge is 1.88. The molecule has 0 aromatic heterocycles. The molecule has 0 saturated carbocycles. The Labute approximate surface area is 130 Å². The molecule has 0 aliphatic carbocycles. The molecular weight excluding hydrogens is 272 g/mol. The van der Waals surface area contributed by atoms with Gasteiger partial charge in [-0.25, -0.2) is 0 Å². The van der Waals surface area contributed by atoms with Gasteiger partial charge in [-0.2, -0.15) is 0 Å². The highest BCUT2D eigenvalue weighted by Crippen LogP contribution is 1.84. The van der Waals surface area contributed by atoms with Gasteiger partial charge in [-0.05, 0) is 20.4 Å². The largest absolute Gasteiger partial charge is 0.378 e. The third kappa shape index (κ3) is 38.1. The zero-order valence-corrected chi connectivity index (χ0v) is 14.4. The molecule has 0 spiro atoms. The van der Waals surface area contributed by atoms with E-state index in [1.165, 1.54) is 0 Å². The maximum absolute atomic E-state index is 10.0. The number of likely N-dealkylation sites (N-methyl/N-ethyl adjacent to an activating group) is 1. The van der Waals surface area contributed by atoms with Crippen LogP contribution < -0.4 is 10.6 Å². The second kappa shape index (κ2) is 27.4. The molecule has 6 heteroatoms. The van der Waals surface area contributed by atoms with Crippen LogP contribution >= 0.6 is 0 Å². The summed E-state index contributed by atoms with van der Waals surface area (Å²) < 4.78 is 10.4. The quantitative estimate of drug-likeness (QED) is 0.421. The molecule has 0 radical (unpaired) electrons. The number of ketones is 1. The Bertz CT molecular complexity index is 202. The SMILES string of the molecule is CC.CCCC(C)=O.CNCCOCCOCCNC=O. The van der Waals surface area contributed by atoms with E-state index in [9.17, 15) is 9.59 Å². The molecule has 0 aliphatic rings. The molecular formula is C15H34N2O4. The molecule has 0 aromatic rings. The summed E-state index contributed by atoms with van der Waals surface area (Å²) in [5, 5.41) is 5.47. The molecule has 2 N–H and O–H groups in total. The molecule has 0 unspecified atom stereocenters. The smallest absolute Gasteiger partial charge is 0.207 e. The van der Waals surface area contributed by atoms with Crippen molar-refractivity contribution in [1.29, 1.82) is 0 Å². The van der Waals surface area contributed by atoms with E-state index < -0.39 is 0 Å². The summed E-state index contributed by atoms with van der Waals surface area (Å²) in [6, 6.07) is 0. The van der Waals surface area contributed by atoms with Gasteiger partial charge in [0.2, 0.25) is 6.41 Å². The highest BCUT2D eigenvalue weighted by molar-refractivity contribution is 5.75. The lowest BCUT2D eigenvalue weighted by Gasteiger charge is -2.04. The Morgan fingerprint density at radius 2 is 1.57 bits per heavy atom. The summed E-state index contributed by atoms with van der Waals surface area (Å²) in [4.78, 5) is 19.9. The summed E-state index contributed by atoms with van der Waals surface area (Å²) in [6.45, 7) is 11.4. The van der Waals surface area contributed by atoms with Gasteiger partial charge in [0.1, 0.15) is 5.78 Å². The normalized spacial score (nSPS) is 8.81. The third-order valence-electron chi connectivity index (χ3n) is 1.94. The van der Waals surface area contributed by atoms with Gasteiger partial charge in [-0.15, -0.1) is 0 Å². The molecule has 21 heavy (non-hydrogen) atoms. The number of ether oxygens (including phenoxy) is 2. The van der Waals surface area contributed by atoms with Crippen molar-refractivity contribution in [2.24, 2.45) is 0 Å². The van der Waals surface area contributed by atoms with E-state index in [1.54, 1.807) is 6.92 Å². The third-order valence-corrected chi connectivity index (χ3v) is 1.94. The van der Waals surface area contributed by atoms with Crippen molar-refractivity contribution in [3.05, 3.63) is 0 Å². The number of amides is 1. The van der Waals surface area contributed by atoms with Gasteiger partial charge in [0, 0.05) is 19.5 Å². The summed E-state index contributed by atoms with van der Waals surface area (Å²) in [5.41, 5.74) is 0. The first-order chi connectivity index (χ1) is 10.2. The molecule has 0 heterocycles. The van der Waals surface area contributed by atoms with Crippen LogP contribution in [0.25, 0.3) is 0 Å². The van der Waals surface area contributed by atoms with Crippen molar-refractivity contribution in [3.8, 4) is 0 Å². The molecule has 1 amide bonds. The topological polar surface area (TPSA) is 76.7 Å². The van der Waals surface area contributed by atoms with E-state index in [0.717, 1.165) is 19.4 Å². The Hall–Kier alpha value is -0.980. The molecule has 0 rings (SSSR count). The van der Waals surface area contributed by atoms with Crippen LogP contribution in [0.1, 0.15) is 40.5 Å². The maximum atomic E-state index is 10.0. The number of hydrogen-bond acceptors (Lipinski definition) is 5. The van der Waals surface area contributed by atoms with Crippen LogP contribution in [0.2, 0.25) is 0 Å². The van der Waals surface area contributed by atoms with Gasteiger partial charge in [-0.3, -0.25) is 4.79 Å². The Morgan fingerprint density at radius 3 is 1.90 bits per heavy atom. The van der Waals surface area contributed by atoms with Crippen LogP contribution in [0.5, 0.6) is 0 Å². The zero-order valence-electron chi connectivity index (χ0n) is 14.4. The average Bonchev–Trinajstić information content (AvgIpc) is 2.48. The lowest BCUT2D eigenvalue weighted by molar-refractivity contribution is -0.117. The van der Waals surface area contributed by atoms with Crippen LogP contribution in [0.15, 0.2) is 0 Å². The first kappa shape index (κ1) is 25.0. The number of nitrogens with one attached hydrogen (secondary N) is 2. The molecule has 6 nitrogen and oxygen atoms in total. The fourth-order valence-corrected chi connectivity index (χ4v) is 1.04. The maximum Gasteiger partial charge on any atom is 0.207 e. The first-order valence-electron chi connectivity index (χ1n) is 7.65. The fourth-order valence-electron chi connectivity index (χ4n) is 1.04. The van der Waals surface area contributed by atoms with E-state index >= 15 is 0 Å². The van der Waals surface area contributed by atoms with Gasteiger partial charge in [0.05, 0.1) is 26.4 Å². The van der Waals surface area contributed by atoms with Crippen molar-refractivity contribution in [2.45, 2.75) is 40.5 Å². The van der Waals surface area contributed by atoms with Gasteiger partial charge in [0.25, 0.3) is 0 Å². The fraction of sp³-hybridized carbons (Fsp3) is 0.867. The summed E-state index contributed by atoms with van der Waals surface area (Å²) in [7, 11) is 1.88. The standard InChI is InChI=1S/C8H18N2O3.C5H10O.C2H6/c1-9-2-4-12-6-7-13-5-3-10-8-11;1-3-4-5(2)6;1-2/h8-9H,2-7H2,1H3,(H,10,11);3-4H2,1-2H3;1-2H3. The monoisotopic (exact) mass is 306 g/mol. The molecule has 0 saturated heterocycles. The summed E-state index contributed by atoms with van der Waals surface area (Å²) in [6.07, 6.45) is 2.38. The Balaban J connectivity index is -0.000000339. The predicted molar refractivity (Wildman–Crippen MR) is 86.6 cm³/mol. The van der Waals surface area contributed by atoms with E-state index in [-0.39, 0.29) is 5.78 Å². The second-order valence-corrected chi connectivity index (χ2v) is 3.85. The minimum Gasteiger partial charge on any atom is -0.378 e. The zero-order chi connectivity index (χ0) is 16.8. The summed E-state index contributed by atoms with van der Waals surface area (Å²) in [5.74, 6) is 0.289. The highest BCUT2D eigenvalue weighted by atomic mass is 16.5. The van der Waals surface area contributed by atoms with Crippen LogP contribution in [-0.4, -0.2) is 58.8 Å². The predicted octanol–water partition coefficient (Wildman–Crippen LogP) is 1.39. The molecule has 0 fully saturated rings. The Morgan fingerprint density at radius 1 is 1.05 bits per heavy atom. The van der Waals surface area contributed by atoms with Gasteiger partial charge >= 0.3 is 0 Å². The molecule has 0 aromatic carbocycles. The van der Waals surface area contributed by atoms with Crippen molar-refractivity contribution in [2.75, 3.05) is 46.6 Å². The van der Waals surface area contributed by atoms with Crippen molar-refractivity contribution < 1.29 is 19.1 Å². The molecule has 0 atom stereocenters. The van der Waals surface area contributed by atoms with Crippen molar-refractivity contribution in [3.63, 3.8) is 0 Å². The van der Waals surface area contributed by atoms with Crippen LogP contribution in [0, 0.1) is 0 Å². The minimum atomic E-state index is 0.289. The van der Waals surface area contributed by atoms with Crippen LogP contribution in [0.4, 0.5) is 0 Å². The van der Waals surface area contributed by atoms with Gasteiger partial charge in [0.15, 0.2) is 0 Å². The second-order valence-electron chi connectivity index (χ2n) is 3.85. The van der Waals surface area contributed by atoms with Crippen molar-refractivity contribution in [1.82, 2.24) is 10.6 Å². The van der Waals surface area contributed by atoms with Gasteiger partial charge in [-0.1, -0.05) is 20.8 Å². The van der Waals surface area contributed by atoms with E-state index in [4.69, 9.17) is 9.47 Å². The molecule has 128 valence electrons. The van der Waals surface area contributed by atoms with Crippen LogP contribution in [-0.2, 0) is 19.1 Å². The lowest BCUT2D eigenvalue weighted by atomic mass is 10.3. The van der Waals surface area contributed by atoms with Crippen molar-refractivity contribution >= 4 is 12.2 Å². The number of carbonyl (C=O) groups excluding carboxylic acids is 2. The lowest BCUT2D eigenvalue weighted by Crippen LogP contribution is -2.20. The van der Waals surface area contributed by atoms with E-state index in [2.05, 4.69) is 10.6 Å². The number of carbonyl (C=O) groups is 2. The van der Waals surface area contributed by atoms with Crippen LogP contribution in [0.3, 0.4) is 0 Å². The molecule has 0 bridgehead atoms. The van der Waals surface area contributed by atoms with Gasteiger partial charge < -0.3 is 24.9 Å². The van der Waals surface area contributed by atoms with E-state index in [0.29, 0.717) is 39.4 Å².